The first-order valence-corrected chi connectivity index (χ1v) is 7.03. The summed E-state index contributed by atoms with van der Waals surface area (Å²) in [5.41, 5.74) is 0. The van der Waals surface area contributed by atoms with Crippen molar-refractivity contribution in [2.24, 2.45) is 0 Å². The largest absolute Gasteiger partial charge is 0.218 e. The zero-order valence-electron chi connectivity index (χ0n) is 10.3. The SMILES string of the molecule is C1CCCC(N2CCCCCOO2)CCC1. The molecule has 16 heavy (non-hydrogen) atoms. The molecular formula is C13H25NO2. The van der Waals surface area contributed by atoms with E-state index < -0.39 is 0 Å². The van der Waals surface area contributed by atoms with Crippen molar-refractivity contribution in [3.8, 4) is 0 Å². The first-order chi connectivity index (χ1) is 7.97. The molecule has 0 aromatic carbocycles. The van der Waals surface area contributed by atoms with Crippen molar-refractivity contribution in [1.82, 2.24) is 5.06 Å². The minimum Gasteiger partial charge on any atom is -0.218 e. The van der Waals surface area contributed by atoms with Crippen molar-refractivity contribution >= 4 is 0 Å². The second-order valence-corrected chi connectivity index (χ2v) is 5.10. The van der Waals surface area contributed by atoms with Gasteiger partial charge in [-0.05, 0) is 32.1 Å². The van der Waals surface area contributed by atoms with Gasteiger partial charge in [0, 0.05) is 12.6 Å². The summed E-state index contributed by atoms with van der Waals surface area (Å²) >= 11 is 0. The fourth-order valence-electron chi connectivity index (χ4n) is 2.71. The van der Waals surface area contributed by atoms with E-state index in [0.29, 0.717) is 6.04 Å². The predicted molar refractivity (Wildman–Crippen MR) is 63.7 cm³/mol. The lowest BCUT2D eigenvalue weighted by molar-refractivity contribution is -0.441. The fraction of sp³-hybridized carbons (Fsp3) is 1.00. The Labute approximate surface area is 99.0 Å². The van der Waals surface area contributed by atoms with Crippen LogP contribution in [0.2, 0.25) is 0 Å². The summed E-state index contributed by atoms with van der Waals surface area (Å²) in [7, 11) is 0. The maximum atomic E-state index is 5.45. The molecule has 3 nitrogen and oxygen atoms in total. The Morgan fingerprint density at radius 3 is 2.25 bits per heavy atom. The lowest BCUT2D eigenvalue weighted by Crippen LogP contribution is -2.37. The lowest BCUT2D eigenvalue weighted by Gasteiger charge is -2.31. The molecule has 0 amide bonds. The van der Waals surface area contributed by atoms with Gasteiger partial charge in [-0.15, -0.1) is 4.99 Å². The molecule has 0 spiro atoms. The smallest absolute Gasteiger partial charge is 0.0842 e. The van der Waals surface area contributed by atoms with Gasteiger partial charge in [-0.25, -0.2) is 4.89 Å². The monoisotopic (exact) mass is 227 g/mol. The maximum absolute atomic E-state index is 5.45. The molecule has 0 unspecified atom stereocenters. The van der Waals surface area contributed by atoms with Gasteiger partial charge in [0.25, 0.3) is 0 Å². The Kier molecular flexibility index (Phi) is 5.59. The van der Waals surface area contributed by atoms with Crippen molar-refractivity contribution in [3.63, 3.8) is 0 Å². The third-order valence-electron chi connectivity index (χ3n) is 3.74. The molecule has 94 valence electrons. The van der Waals surface area contributed by atoms with Crippen molar-refractivity contribution in [3.05, 3.63) is 0 Å². The van der Waals surface area contributed by atoms with E-state index in [9.17, 15) is 0 Å². The summed E-state index contributed by atoms with van der Waals surface area (Å²) in [6.45, 7) is 1.80. The highest BCUT2D eigenvalue weighted by Gasteiger charge is 2.21. The second kappa shape index (κ2) is 7.25. The molecule has 2 rings (SSSR count). The fourth-order valence-corrected chi connectivity index (χ4v) is 2.71. The van der Waals surface area contributed by atoms with E-state index >= 15 is 0 Å². The van der Waals surface area contributed by atoms with Crippen LogP contribution in [0, 0.1) is 0 Å². The highest BCUT2D eigenvalue weighted by atomic mass is 17.3. The van der Waals surface area contributed by atoms with Crippen LogP contribution in [0.1, 0.15) is 64.2 Å². The van der Waals surface area contributed by atoms with Crippen LogP contribution < -0.4 is 0 Å². The molecule has 0 atom stereocenters. The minimum absolute atomic E-state index is 0.596. The summed E-state index contributed by atoms with van der Waals surface area (Å²) in [5.74, 6) is 0. The molecule has 0 N–H and O–H groups in total. The Morgan fingerprint density at radius 2 is 1.44 bits per heavy atom. The topological polar surface area (TPSA) is 21.7 Å². The van der Waals surface area contributed by atoms with Gasteiger partial charge < -0.3 is 0 Å². The summed E-state index contributed by atoms with van der Waals surface area (Å²) in [4.78, 5) is 10.7. The van der Waals surface area contributed by atoms with E-state index in [1.54, 1.807) is 0 Å². The standard InChI is InChI=1S/C13H25NO2/c1-2-5-9-13(10-6-3-1)14-11-7-4-8-12-15-16-14/h13H,1-12H2. The Hall–Kier alpha value is -0.120. The molecule has 2 aliphatic rings. The van der Waals surface area contributed by atoms with Crippen LogP contribution in [-0.2, 0) is 9.88 Å². The van der Waals surface area contributed by atoms with Gasteiger partial charge in [0.1, 0.15) is 0 Å². The second-order valence-electron chi connectivity index (χ2n) is 5.10. The summed E-state index contributed by atoms with van der Waals surface area (Å²) in [6.07, 6.45) is 13.1. The van der Waals surface area contributed by atoms with Gasteiger partial charge in [0.05, 0.1) is 6.61 Å². The zero-order chi connectivity index (χ0) is 11.1. The average Bonchev–Trinajstić information content (AvgIpc) is 2.18. The van der Waals surface area contributed by atoms with Crippen LogP contribution in [0.5, 0.6) is 0 Å². The summed E-state index contributed by atoms with van der Waals surface area (Å²) < 4.78 is 0. The van der Waals surface area contributed by atoms with Crippen LogP contribution in [-0.4, -0.2) is 24.3 Å². The van der Waals surface area contributed by atoms with Crippen LogP contribution in [0.3, 0.4) is 0 Å². The Bertz CT molecular complexity index is 151. The van der Waals surface area contributed by atoms with E-state index in [1.165, 1.54) is 57.8 Å². The highest BCUT2D eigenvalue weighted by molar-refractivity contribution is 4.69. The van der Waals surface area contributed by atoms with Gasteiger partial charge >= 0.3 is 0 Å². The van der Waals surface area contributed by atoms with Gasteiger partial charge in [-0.3, -0.25) is 0 Å². The van der Waals surface area contributed by atoms with E-state index in [-0.39, 0.29) is 0 Å². The predicted octanol–water partition coefficient (Wildman–Crippen LogP) is 3.45. The van der Waals surface area contributed by atoms with Crippen LogP contribution in [0.25, 0.3) is 0 Å². The van der Waals surface area contributed by atoms with E-state index in [4.69, 9.17) is 9.88 Å². The van der Waals surface area contributed by atoms with Gasteiger partial charge in [0.2, 0.25) is 0 Å². The third kappa shape index (κ3) is 4.04. The quantitative estimate of drug-likeness (QED) is 0.640. The molecular weight excluding hydrogens is 202 g/mol. The van der Waals surface area contributed by atoms with Gasteiger partial charge in [-0.2, -0.15) is 5.06 Å². The van der Waals surface area contributed by atoms with Crippen molar-refractivity contribution in [2.45, 2.75) is 70.3 Å². The van der Waals surface area contributed by atoms with Crippen LogP contribution >= 0.6 is 0 Å². The van der Waals surface area contributed by atoms with Crippen molar-refractivity contribution < 1.29 is 9.88 Å². The Balaban J connectivity index is 1.81. The molecule has 1 aliphatic carbocycles. The molecule has 0 bridgehead atoms. The van der Waals surface area contributed by atoms with Crippen molar-refractivity contribution in [1.29, 1.82) is 0 Å². The zero-order valence-corrected chi connectivity index (χ0v) is 10.3. The molecule has 0 aromatic rings. The first kappa shape index (κ1) is 12.3. The van der Waals surface area contributed by atoms with Crippen LogP contribution in [0.15, 0.2) is 0 Å². The summed E-state index contributed by atoms with van der Waals surface area (Å²) in [6, 6.07) is 0.596. The first-order valence-electron chi connectivity index (χ1n) is 7.03. The maximum Gasteiger partial charge on any atom is 0.0842 e. The van der Waals surface area contributed by atoms with Gasteiger partial charge in [-0.1, -0.05) is 32.1 Å². The average molecular weight is 227 g/mol. The molecule has 1 saturated carbocycles. The van der Waals surface area contributed by atoms with E-state index in [1.807, 2.05) is 0 Å². The number of hydrogen-bond donors (Lipinski definition) is 0. The minimum atomic E-state index is 0.596. The molecule has 1 aliphatic heterocycles. The van der Waals surface area contributed by atoms with E-state index in [2.05, 4.69) is 5.06 Å². The third-order valence-corrected chi connectivity index (χ3v) is 3.74. The normalized spacial score (nSPS) is 27.8. The Morgan fingerprint density at radius 1 is 0.750 bits per heavy atom. The number of hydrogen-bond acceptors (Lipinski definition) is 3. The molecule has 1 heterocycles. The lowest BCUT2D eigenvalue weighted by atomic mass is 9.96. The molecule has 3 heteroatoms. The summed E-state index contributed by atoms with van der Waals surface area (Å²) in [5, 5.41) is 2.12. The van der Waals surface area contributed by atoms with Crippen LogP contribution in [0.4, 0.5) is 0 Å². The number of hydroxylamine groups is 2. The molecule has 0 radical (unpaired) electrons. The number of nitrogens with zero attached hydrogens (tertiary/aromatic N) is 1. The molecule has 1 saturated heterocycles. The highest BCUT2D eigenvalue weighted by Crippen LogP contribution is 2.23. The van der Waals surface area contributed by atoms with Gasteiger partial charge in [0.15, 0.2) is 0 Å². The van der Waals surface area contributed by atoms with Crippen molar-refractivity contribution in [2.75, 3.05) is 13.2 Å². The molecule has 2 fully saturated rings. The van der Waals surface area contributed by atoms with E-state index in [0.717, 1.165) is 19.6 Å². The molecule has 0 aromatic heterocycles. The number of rotatable bonds is 1.